The van der Waals surface area contributed by atoms with E-state index in [0.29, 0.717) is 5.56 Å². The van der Waals surface area contributed by atoms with E-state index in [9.17, 15) is 9.18 Å². The average molecular weight is 355 g/mol. The second-order valence-corrected chi connectivity index (χ2v) is 6.39. The molecule has 0 unspecified atom stereocenters. The highest BCUT2D eigenvalue weighted by Gasteiger charge is 2.22. The molecule has 5 heteroatoms. The van der Waals surface area contributed by atoms with Crippen LogP contribution in [0.3, 0.4) is 0 Å². The Morgan fingerprint density at radius 1 is 1.12 bits per heavy atom. The summed E-state index contributed by atoms with van der Waals surface area (Å²) in [5.41, 5.74) is 1.47. The van der Waals surface area contributed by atoms with Crippen molar-refractivity contribution in [2.75, 3.05) is 32.8 Å². The van der Waals surface area contributed by atoms with Crippen molar-refractivity contribution in [1.82, 2.24) is 5.32 Å². The molecule has 1 atom stereocenters. The Morgan fingerprint density at radius 2 is 1.81 bits per heavy atom. The van der Waals surface area contributed by atoms with Crippen molar-refractivity contribution in [3.8, 4) is 0 Å². The molecule has 4 nitrogen and oxygen atoms in total. The van der Waals surface area contributed by atoms with Gasteiger partial charge in [-0.2, -0.15) is 0 Å². The number of amides is 1. The van der Waals surface area contributed by atoms with E-state index in [0.717, 1.165) is 38.4 Å². The number of benzene rings is 2. The molecule has 0 spiro atoms. The van der Waals surface area contributed by atoms with Gasteiger partial charge in [-0.1, -0.05) is 48.5 Å². The lowest BCUT2D eigenvalue weighted by Gasteiger charge is -2.28. The van der Waals surface area contributed by atoms with Crippen LogP contribution < -0.4 is 10.2 Å². The second-order valence-electron chi connectivity index (χ2n) is 6.39. The quantitative estimate of drug-likeness (QED) is 0.773. The van der Waals surface area contributed by atoms with E-state index in [4.69, 9.17) is 4.74 Å². The lowest BCUT2D eigenvalue weighted by Crippen LogP contribution is -3.14. The van der Waals surface area contributed by atoms with Crippen molar-refractivity contribution in [2.45, 2.75) is 6.04 Å². The molecule has 0 bridgehead atoms. The van der Waals surface area contributed by atoms with Gasteiger partial charge in [-0.3, -0.25) is 4.79 Å². The average Bonchev–Trinajstić information content (AvgIpc) is 2.68. The van der Waals surface area contributed by atoms with E-state index in [-0.39, 0.29) is 17.8 Å². The number of quaternary nitrogens is 1. The van der Waals surface area contributed by atoms with E-state index < -0.39 is 0 Å². The van der Waals surface area contributed by atoms with E-state index in [1.54, 1.807) is 18.2 Å². The van der Waals surface area contributed by atoms with E-state index in [2.05, 4.69) is 5.32 Å². The third kappa shape index (κ3) is 5.25. The first-order valence-corrected chi connectivity index (χ1v) is 8.92. The van der Waals surface area contributed by atoms with Gasteiger partial charge in [-0.25, -0.2) is 4.39 Å². The first-order chi connectivity index (χ1) is 12.7. The van der Waals surface area contributed by atoms with E-state index >= 15 is 0 Å². The van der Waals surface area contributed by atoms with Crippen molar-refractivity contribution < 1.29 is 18.8 Å². The fraction of sp³-hybridized carbons (Fsp3) is 0.286. The highest BCUT2D eigenvalue weighted by Crippen LogP contribution is 2.12. The summed E-state index contributed by atoms with van der Waals surface area (Å²) >= 11 is 0. The molecule has 26 heavy (non-hydrogen) atoms. The summed E-state index contributed by atoms with van der Waals surface area (Å²) in [5, 5.41) is 3.06. The molecular formula is C21H24FN2O2+. The molecule has 1 fully saturated rings. The fourth-order valence-electron chi connectivity index (χ4n) is 3.09. The van der Waals surface area contributed by atoms with Gasteiger partial charge in [0.25, 0.3) is 0 Å². The summed E-state index contributed by atoms with van der Waals surface area (Å²) < 4.78 is 19.1. The lowest BCUT2D eigenvalue weighted by molar-refractivity contribution is -0.909. The molecule has 2 aromatic rings. The van der Waals surface area contributed by atoms with Crippen LogP contribution in [-0.2, 0) is 9.53 Å². The van der Waals surface area contributed by atoms with Crippen molar-refractivity contribution in [1.29, 1.82) is 0 Å². The molecule has 0 aromatic heterocycles. The SMILES string of the molecule is O=C(/C=C/c1ccccc1F)N[C@H](C[NH+]1CCOCC1)c1ccccc1. The minimum absolute atomic E-state index is 0.0953. The number of nitrogens with one attached hydrogen (secondary N) is 2. The molecule has 1 heterocycles. The molecular weight excluding hydrogens is 331 g/mol. The molecule has 2 aromatic carbocycles. The zero-order valence-corrected chi connectivity index (χ0v) is 14.7. The van der Waals surface area contributed by atoms with Gasteiger partial charge in [-0.15, -0.1) is 0 Å². The maximum absolute atomic E-state index is 13.7. The number of ether oxygens (including phenoxy) is 1. The molecule has 1 aliphatic rings. The smallest absolute Gasteiger partial charge is 0.244 e. The standard InChI is InChI=1S/C21H23FN2O2/c22-19-9-5-4-6-17(19)10-11-21(25)23-20(18-7-2-1-3-8-18)16-24-12-14-26-15-13-24/h1-11,20H,12-16H2,(H,23,25)/p+1/b11-10+/t20-/m1/s1. The summed E-state index contributed by atoms with van der Waals surface area (Å²) in [6.07, 6.45) is 2.90. The number of morpholine rings is 1. The molecule has 2 N–H and O–H groups in total. The molecule has 0 aliphatic carbocycles. The van der Waals surface area contributed by atoms with Crippen molar-refractivity contribution >= 4 is 12.0 Å². The summed E-state index contributed by atoms with van der Waals surface area (Å²) in [5.74, 6) is -0.566. The van der Waals surface area contributed by atoms with Gasteiger partial charge in [0.05, 0.1) is 13.2 Å². The minimum atomic E-state index is -0.339. The van der Waals surface area contributed by atoms with Gasteiger partial charge in [0.15, 0.2) is 0 Å². The Labute approximate surface area is 153 Å². The number of hydrogen-bond acceptors (Lipinski definition) is 2. The normalized spacial score (nSPS) is 16.5. The largest absolute Gasteiger partial charge is 0.370 e. The Hall–Kier alpha value is -2.50. The summed E-state index contributed by atoms with van der Waals surface area (Å²) in [7, 11) is 0. The Balaban J connectivity index is 1.68. The third-order valence-corrected chi connectivity index (χ3v) is 4.53. The van der Waals surface area contributed by atoms with Crippen LogP contribution in [0.2, 0.25) is 0 Å². The van der Waals surface area contributed by atoms with Crippen LogP contribution in [0.1, 0.15) is 17.2 Å². The highest BCUT2D eigenvalue weighted by molar-refractivity contribution is 5.92. The first kappa shape index (κ1) is 18.3. The zero-order chi connectivity index (χ0) is 18.2. The van der Waals surface area contributed by atoms with Crippen LogP contribution in [0.15, 0.2) is 60.7 Å². The fourth-order valence-corrected chi connectivity index (χ4v) is 3.09. The Kier molecular flexibility index (Phi) is 6.52. The van der Waals surface area contributed by atoms with Gasteiger partial charge >= 0.3 is 0 Å². The van der Waals surface area contributed by atoms with Gasteiger partial charge in [0.2, 0.25) is 5.91 Å². The zero-order valence-electron chi connectivity index (χ0n) is 14.7. The Morgan fingerprint density at radius 3 is 2.54 bits per heavy atom. The molecule has 1 saturated heterocycles. The molecule has 0 saturated carbocycles. The van der Waals surface area contributed by atoms with Crippen LogP contribution in [0.25, 0.3) is 6.08 Å². The van der Waals surface area contributed by atoms with Crippen LogP contribution >= 0.6 is 0 Å². The number of carbonyl (C=O) groups is 1. The summed E-state index contributed by atoms with van der Waals surface area (Å²) in [6, 6.07) is 16.2. The van der Waals surface area contributed by atoms with Crippen molar-refractivity contribution in [3.63, 3.8) is 0 Å². The minimum Gasteiger partial charge on any atom is -0.370 e. The molecule has 3 rings (SSSR count). The topological polar surface area (TPSA) is 42.8 Å². The van der Waals surface area contributed by atoms with Gasteiger partial charge < -0.3 is 15.0 Å². The summed E-state index contributed by atoms with van der Waals surface area (Å²) in [6.45, 7) is 4.16. The lowest BCUT2D eigenvalue weighted by atomic mass is 10.1. The number of carbonyl (C=O) groups excluding carboxylic acids is 1. The first-order valence-electron chi connectivity index (χ1n) is 8.92. The van der Waals surface area contributed by atoms with E-state index in [1.165, 1.54) is 23.1 Å². The third-order valence-electron chi connectivity index (χ3n) is 4.53. The van der Waals surface area contributed by atoms with Crippen LogP contribution in [0, 0.1) is 5.82 Å². The summed E-state index contributed by atoms with van der Waals surface area (Å²) in [4.78, 5) is 13.8. The van der Waals surface area contributed by atoms with Gasteiger partial charge in [0.1, 0.15) is 31.5 Å². The predicted octanol–water partition coefficient (Wildman–Crippen LogP) is 1.61. The van der Waals surface area contributed by atoms with Crippen molar-refractivity contribution in [3.05, 3.63) is 77.6 Å². The van der Waals surface area contributed by atoms with Gasteiger partial charge in [0, 0.05) is 11.6 Å². The molecule has 1 amide bonds. The number of rotatable bonds is 6. The number of hydrogen-bond donors (Lipinski definition) is 2. The van der Waals surface area contributed by atoms with Crippen LogP contribution in [-0.4, -0.2) is 38.8 Å². The number of halogens is 1. The maximum atomic E-state index is 13.7. The molecule has 0 radical (unpaired) electrons. The van der Waals surface area contributed by atoms with Crippen LogP contribution in [0.5, 0.6) is 0 Å². The highest BCUT2D eigenvalue weighted by atomic mass is 19.1. The second kappa shape index (κ2) is 9.27. The van der Waals surface area contributed by atoms with Crippen molar-refractivity contribution in [2.24, 2.45) is 0 Å². The van der Waals surface area contributed by atoms with E-state index in [1.807, 2.05) is 30.3 Å². The Bertz CT molecular complexity index is 743. The maximum Gasteiger partial charge on any atom is 0.244 e. The molecule has 136 valence electrons. The van der Waals surface area contributed by atoms with Gasteiger partial charge in [-0.05, 0) is 17.7 Å². The van der Waals surface area contributed by atoms with Crippen LogP contribution in [0.4, 0.5) is 4.39 Å². The predicted molar refractivity (Wildman–Crippen MR) is 99.1 cm³/mol. The monoisotopic (exact) mass is 355 g/mol. The molecule has 1 aliphatic heterocycles.